The first-order valence-corrected chi connectivity index (χ1v) is 10.2. The molecule has 0 bridgehead atoms. The number of ether oxygens (including phenoxy) is 1. The minimum atomic E-state index is -0.594. The summed E-state index contributed by atoms with van der Waals surface area (Å²) >= 11 is 0.842. The van der Waals surface area contributed by atoms with E-state index in [4.69, 9.17) is 4.74 Å². The number of hydrogen-bond acceptors (Lipinski definition) is 5. The molecule has 0 spiro atoms. The number of thioether (sulfide) groups is 1. The van der Waals surface area contributed by atoms with Gasteiger partial charge >= 0.3 is 5.97 Å². The van der Waals surface area contributed by atoms with Gasteiger partial charge in [0.25, 0.3) is 11.1 Å². The largest absolute Gasteiger partial charge is 0.465 e. The number of aromatic nitrogens is 1. The van der Waals surface area contributed by atoms with Crippen LogP contribution in [0.5, 0.6) is 0 Å². The van der Waals surface area contributed by atoms with E-state index < -0.39 is 17.1 Å². The fourth-order valence-electron chi connectivity index (χ4n) is 3.31. The van der Waals surface area contributed by atoms with Gasteiger partial charge in [-0.1, -0.05) is 6.07 Å². The standard InChI is InChI=1S/C22H24N2O4S/c1-6-28-20(25)12-23-21(26)19(29-22(23)27)11-17-10-15(4)24(16(17)5)18-8-7-13(2)14(3)9-18/h7-11H,6,12H2,1-5H3/b19-11-. The summed E-state index contributed by atoms with van der Waals surface area (Å²) in [6, 6.07) is 8.28. The first-order valence-electron chi connectivity index (χ1n) is 9.40. The van der Waals surface area contributed by atoms with Gasteiger partial charge in [-0.3, -0.25) is 19.3 Å². The van der Waals surface area contributed by atoms with E-state index in [2.05, 4.69) is 36.6 Å². The molecule has 1 aliphatic heterocycles. The number of nitrogens with zero attached hydrogens (tertiary/aromatic N) is 2. The van der Waals surface area contributed by atoms with Crippen LogP contribution in [0.15, 0.2) is 29.2 Å². The maximum atomic E-state index is 12.6. The van der Waals surface area contributed by atoms with Crippen molar-refractivity contribution in [3.8, 4) is 5.69 Å². The summed E-state index contributed by atoms with van der Waals surface area (Å²) in [5, 5.41) is -0.461. The normalized spacial score (nSPS) is 15.5. The fourth-order valence-corrected chi connectivity index (χ4v) is 4.14. The molecule has 1 saturated heterocycles. The molecule has 2 aromatic rings. The van der Waals surface area contributed by atoms with Crippen LogP contribution in [0.25, 0.3) is 11.8 Å². The van der Waals surface area contributed by atoms with Gasteiger partial charge in [-0.15, -0.1) is 0 Å². The van der Waals surface area contributed by atoms with Gasteiger partial charge in [0.05, 0.1) is 11.5 Å². The third-order valence-corrected chi connectivity index (χ3v) is 5.88. The van der Waals surface area contributed by atoms with E-state index in [1.54, 1.807) is 13.0 Å². The molecule has 29 heavy (non-hydrogen) atoms. The summed E-state index contributed by atoms with van der Waals surface area (Å²) in [6.07, 6.45) is 1.72. The van der Waals surface area contributed by atoms with Crippen LogP contribution >= 0.6 is 11.8 Å². The Labute approximate surface area is 174 Å². The van der Waals surface area contributed by atoms with Gasteiger partial charge in [0.2, 0.25) is 0 Å². The van der Waals surface area contributed by atoms with Crippen LogP contribution in [0.4, 0.5) is 4.79 Å². The summed E-state index contributed by atoms with van der Waals surface area (Å²) in [5.74, 6) is -1.06. The van der Waals surface area contributed by atoms with Gasteiger partial charge in [-0.2, -0.15) is 0 Å². The predicted octanol–water partition coefficient (Wildman–Crippen LogP) is 4.31. The zero-order valence-electron chi connectivity index (χ0n) is 17.2. The Morgan fingerprint density at radius 1 is 1.10 bits per heavy atom. The lowest BCUT2D eigenvalue weighted by Gasteiger charge is -2.12. The Kier molecular flexibility index (Phi) is 5.98. The third kappa shape index (κ3) is 4.15. The molecule has 2 amide bonds. The van der Waals surface area contributed by atoms with E-state index in [1.807, 2.05) is 19.9 Å². The van der Waals surface area contributed by atoms with Gasteiger partial charge in [0, 0.05) is 17.1 Å². The van der Waals surface area contributed by atoms with Gasteiger partial charge in [-0.05, 0) is 87.3 Å². The first-order chi connectivity index (χ1) is 13.7. The van der Waals surface area contributed by atoms with Crippen molar-refractivity contribution in [2.75, 3.05) is 13.2 Å². The van der Waals surface area contributed by atoms with Gasteiger partial charge in [-0.25, -0.2) is 0 Å². The second-order valence-electron chi connectivity index (χ2n) is 7.00. The minimum absolute atomic E-state index is 0.204. The monoisotopic (exact) mass is 412 g/mol. The molecule has 0 saturated carbocycles. The fraction of sp³-hybridized carbons (Fsp3) is 0.318. The molecule has 0 unspecified atom stereocenters. The van der Waals surface area contributed by atoms with Crippen molar-refractivity contribution in [1.82, 2.24) is 9.47 Å². The summed E-state index contributed by atoms with van der Waals surface area (Å²) < 4.78 is 6.97. The lowest BCUT2D eigenvalue weighted by molar-refractivity contribution is -0.145. The molecule has 7 heteroatoms. The average molecular weight is 413 g/mol. The molecule has 3 rings (SSSR count). The quantitative estimate of drug-likeness (QED) is 0.541. The molecule has 2 heterocycles. The van der Waals surface area contributed by atoms with E-state index in [0.717, 1.165) is 39.3 Å². The molecule has 0 atom stereocenters. The van der Waals surface area contributed by atoms with Gasteiger partial charge in [0.15, 0.2) is 0 Å². The number of imide groups is 1. The number of carbonyl (C=O) groups is 3. The first kappa shape index (κ1) is 20.9. The SMILES string of the molecule is CCOC(=O)CN1C(=O)S/C(=C\c2cc(C)n(-c3ccc(C)c(C)c3)c2C)C1=O. The highest BCUT2D eigenvalue weighted by Crippen LogP contribution is 2.33. The summed E-state index contributed by atoms with van der Waals surface area (Å²) in [7, 11) is 0. The third-order valence-electron chi connectivity index (χ3n) is 4.97. The molecule has 0 radical (unpaired) electrons. The molecule has 0 aliphatic carbocycles. The average Bonchev–Trinajstić information content (AvgIpc) is 3.08. The Bertz CT molecular complexity index is 1040. The minimum Gasteiger partial charge on any atom is -0.465 e. The lowest BCUT2D eigenvalue weighted by Crippen LogP contribution is -2.34. The number of esters is 1. The summed E-state index contributed by atoms with van der Waals surface area (Å²) in [5.41, 5.74) is 6.36. The lowest BCUT2D eigenvalue weighted by atomic mass is 10.1. The summed E-state index contributed by atoms with van der Waals surface area (Å²) in [4.78, 5) is 37.7. The molecule has 1 aromatic carbocycles. The van der Waals surface area contributed by atoms with Gasteiger partial charge in [0.1, 0.15) is 6.54 Å². The van der Waals surface area contributed by atoms with Crippen LogP contribution in [0.1, 0.15) is 35.0 Å². The number of hydrogen-bond donors (Lipinski definition) is 0. The number of rotatable bonds is 5. The number of carbonyl (C=O) groups excluding carboxylic acids is 3. The molecule has 1 fully saturated rings. The van der Waals surface area contributed by atoms with Crippen molar-refractivity contribution in [3.05, 3.63) is 57.2 Å². The van der Waals surface area contributed by atoms with E-state index in [-0.39, 0.29) is 13.2 Å². The van der Waals surface area contributed by atoms with Crippen molar-refractivity contribution >= 4 is 35.0 Å². The van der Waals surface area contributed by atoms with E-state index in [9.17, 15) is 14.4 Å². The highest BCUT2D eigenvalue weighted by molar-refractivity contribution is 8.18. The van der Waals surface area contributed by atoms with Crippen LogP contribution in [-0.2, 0) is 14.3 Å². The maximum absolute atomic E-state index is 12.6. The molecular formula is C22H24N2O4S. The molecular weight excluding hydrogens is 388 g/mol. The Morgan fingerprint density at radius 3 is 2.48 bits per heavy atom. The van der Waals surface area contributed by atoms with Crippen LogP contribution in [-0.4, -0.2) is 39.7 Å². The number of benzene rings is 1. The Morgan fingerprint density at radius 2 is 1.83 bits per heavy atom. The highest BCUT2D eigenvalue weighted by Gasteiger charge is 2.36. The molecule has 0 N–H and O–H groups in total. The van der Waals surface area contributed by atoms with E-state index in [1.165, 1.54) is 11.1 Å². The number of aryl methyl sites for hydroxylation is 3. The van der Waals surface area contributed by atoms with Crippen LogP contribution in [0.3, 0.4) is 0 Å². The van der Waals surface area contributed by atoms with Crippen molar-refractivity contribution in [3.63, 3.8) is 0 Å². The summed E-state index contributed by atoms with van der Waals surface area (Å²) in [6.45, 7) is 9.66. The van der Waals surface area contributed by atoms with E-state index >= 15 is 0 Å². The Balaban J connectivity index is 1.91. The van der Waals surface area contributed by atoms with Crippen molar-refractivity contribution in [2.24, 2.45) is 0 Å². The van der Waals surface area contributed by atoms with Crippen LogP contribution in [0.2, 0.25) is 0 Å². The van der Waals surface area contributed by atoms with Crippen molar-refractivity contribution in [2.45, 2.75) is 34.6 Å². The zero-order valence-corrected chi connectivity index (χ0v) is 18.1. The Hall–Kier alpha value is -2.80. The van der Waals surface area contributed by atoms with Crippen molar-refractivity contribution in [1.29, 1.82) is 0 Å². The molecule has 6 nitrogen and oxygen atoms in total. The number of amides is 2. The zero-order chi connectivity index (χ0) is 21.3. The smallest absolute Gasteiger partial charge is 0.326 e. The topological polar surface area (TPSA) is 68.6 Å². The van der Waals surface area contributed by atoms with Gasteiger partial charge < -0.3 is 9.30 Å². The predicted molar refractivity (Wildman–Crippen MR) is 114 cm³/mol. The van der Waals surface area contributed by atoms with Crippen LogP contribution < -0.4 is 0 Å². The van der Waals surface area contributed by atoms with Crippen LogP contribution in [0, 0.1) is 27.7 Å². The molecule has 1 aromatic heterocycles. The maximum Gasteiger partial charge on any atom is 0.326 e. The molecule has 1 aliphatic rings. The molecule has 152 valence electrons. The second kappa shape index (κ2) is 8.29. The highest BCUT2D eigenvalue weighted by atomic mass is 32.2. The van der Waals surface area contributed by atoms with Crippen molar-refractivity contribution < 1.29 is 19.1 Å². The second-order valence-corrected chi connectivity index (χ2v) is 8.00. The van der Waals surface area contributed by atoms with E-state index in [0.29, 0.717) is 4.91 Å².